The minimum Gasteiger partial charge on any atom is -0.369 e. The van der Waals surface area contributed by atoms with Crippen LogP contribution < -0.4 is 11.1 Å². The van der Waals surface area contributed by atoms with Crippen molar-refractivity contribution in [3.63, 3.8) is 0 Å². The van der Waals surface area contributed by atoms with Crippen LogP contribution in [-0.2, 0) is 16.0 Å². The molecule has 4 aliphatic rings. The number of carbonyl (C=O) groups is 2. The van der Waals surface area contributed by atoms with E-state index in [2.05, 4.69) is 17.2 Å². The van der Waals surface area contributed by atoms with E-state index in [1.807, 2.05) is 0 Å². The molecule has 1 aromatic heterocycles. The molecule has 0 spiro atoms. The fourth-order valence-corrected chi connectivity index (χ4v) is 6.42. The summed E-state index contributed by atoms with van der Waals surface area (Å²) in [4.78, 5) is 27.6. The summed E-state index contributed by atoms with van der Waals surface area (Å²) in [6.07, 6.45) is 9.87. The molecule has 134 valence electrons. The summed E-state index contributed by atoms with van der Waals surface area (Å²) in [6.45, 7) is 2.13. The number of carbonyl (C=O) groups excluding carboxylic acids is 2. The van der Waals surface area contributed by atoms with E-state index >= 15 is 0 Å². The van der Waals surface area contributed by atoms with E-state index in [4.69, 9.17) is 5.73 Å². The number of rotatable bonds is 5. The van der Waals surface area contributed by atoms with Gasteiger partial charge in [-0.05, 0) is 68.6 Å². The van der Waals surface area contributed by atoms with Crippen LogP contribution in [0.25, 0.3) is 0 Å². The highest BCUT2D eigenvalue weighted by Gasteiger charge is 2.51. The molecule has 0 saturated heterocycles. The van der Waals surface area contributed by atoms with Gasteiger partial charge in [0.05, 0.1) is 12.1 Å². The van der Waals surface area contributed by atoms with Crippen molar-refractivity contribution in [1.29, 1.82) is 0 Å². The average molecular weight is 359 g/mol. The van der Waals surface area contributed by atoms with Crippen molar-refractivity contribution >= 4 is 28.3 Å². The predicted molar refractivity (Wildman–Crippen MR) is 98.0 cm³/mol. The van der Waals surface area contributed by atoms with E-state index in [-0.39, 0.29) is 17.7 Å². The zero-order valence-corrected chi connectivity index (χ0v) is 15.4. The molecule has 25 heavy (non-hydrogen) atoms. The van der Waals surface area contributed by atoms with Crippen molar-refractivity contribution in [2.75, 3.05) is 5.32 Å². The summed E-state index contributed by atoms with van der Waals surface area (Å²) in [6, 6.07) is 0. The van der Waals surface area contributed by atoms with Crippen molar-refractivity contribution < 1.29 is 9.59 Å². The maximum Gasteiger partial charge on any atom is 0.250 e. The van der Waals surface area contributed by atoms with Gasteiger partial charge in [0.1, 0.15) is 0 Å². The Morgan fingerprint density at radius 2 is 1.88 bits per heavy atom. The number of allylic oxidation sites excluding steroid dienone is 1. The molecular formula is C19H25N3O2S. The number of hydrogen-bond acceptors (Lipinski definition) is 4. The second-order valence-electron chi connectivity index (χ2n) is 8.30. The highest BCUT2D eigenvalue weighted by atomic mass is 32.1. The molecule has 0 unspecified atom stereocenters. The zero-order valence-electron chi connectivity index (χ0n) is 14.6. The number of nitrogens with two attached hydrogens (primary N) is 1. The quantitative estimate of drug-likeness (QED) is 0.791. The van der Waals surface area contributed by atoms with Crippen LogP contribution in [0.1, 0.15) is 51.1 Å². The first-order valence-electron chi connectivity index (χ1n) is 9.14. The number of nitrogens with one attached hydrogen (secondary N) is 1. The summed E-state index contributed by atoms with van der Waals surface area (Å²) >= 11 is 1.33. The first-order chi connectivity index (χ1) is 11.9. The van der Waals surface area contributed by atoms with E-state index < -0.39 is 5.91 Å². The third kappa shape index (κ3) is 3.36. The first-order valence-corrected chi connectivity index (χ1v) is 10.0. The number of anilines is 1. The van der Waals surface area contributed by atoms with Crippen LogP contribution in [0.4, 0.5) is 5.13 Å². The number of primary amides is 1. The van der Waals surface area contributed by atoms with Crippen molar-refractivity contribution in [1.82, 2.24) is 4.98 Å². The Morgan fingerprint density at radius 1 is 1.28 bits per heavy atom. The van der Waals surface area contributed by atoms with Gasteiger partial charge in [0.25, 0.3) is 0 Å². The Kier molecular flexibility index (Phi) is 4.18. The number of thiazole rings is 1. The third-order valence-corrected chi connectivity index (χ3v) is 7.17. The van der Waals surface area contributed by atoms with E-state index in [1.54, 1.807) is 11.5 Å². The highest BCUT2D eigenvalue weighted by molar-refractivity contribution is 7.14. The molecule has 4 saturated carbocycles. The van der Waals surface area contributed by atoms with Gasteiger partial charge in [-0.3, -0.25) is 14.9 Å². The molecule has 4 aliphatic carbocycles. The van der Waals surface area contributed by atoms with E-state index in [0.29, 0.717) is 10.8 Å². The second-order valence-corrected chi connectivity index (χ2v) is 9.16. The topological polar surface area (TPSA) is 85.1 Å². The Hall–Kier alpha value is -1.69. The van der Waals surface area contributed by atoms with Crippen LogP contribution in [0.2, 0.25) is 0 Å². The normalized spacial score (nSPS) is 33.5. The molecule has 5 nitrogen and oxygen atoms in total. The van der Waals surface area contributed by atoms with Crippen molar-refractivity contribution in [3.05, 3.63) is 22.7 Å². The lowest BCUT2D eigenvalue weighted by Crippen LogP contribution is -2.46. The SMILES string of the molecule is CC(=CC(=O)Nc1nc(CC(N)=O)cs1)C12CC3CC(CC(C3)C1)C2. The monoisotopic (exact) mass is 359 g/mol. The summed E-state index contributed by atoms with van der Waals surface area (Å²) in [7, 11) is 0. The lowest BCUT2D eigenvalue weighted by Gasteiger charge is -2.57. The van der Waals surface area contributed by atoms with Crippen LogP contribution in [0.15, 0.2) is 17.0 Å². The number of hydrogen-bond donors (Lipinski definition) is 2. The maximum absolute atomic E-state index is 12.4. The van der Waals surface area contributed by atoms with Crippen LogP contribution in [0, 0.1) is 23.2 Å². The summed E-state index contributed by atoms with van der Waals surface area (Å²) in [5.41, 5.74) is 7.27. The van der Waals surface area contributed by atoms with Gasteiger partial charge in [0, 0.05) is 11.5 Å². The molecule has 6 heteroatoms. The lowest BCUT2D eigenvalue weighted by atomic mass is 9.48. The fourth-order valence-electron chi connectivity index (χ4n) is 5.71. The van der Waals surface area contributed by atoms with Gasteiger partial charge in [0.15, 0.2) is 5.13 Å². The number of nitrogens with zero attached hydrogens (tertiary/aromatic N) is 1. The Morgan fingerprint density at radius 3 is 2.44 bits per heavy atom. The standard InChI is InChI=1S/C19H25N3O2S/c1-11(19-7-12-3-13(8-19)5-14(4-12)9-19)2-17(24)22-18-21-15(10-25-18)6-16(20)23/h2,10,12-14H,3-9H2,1H3,(H2,20,23)(H,21,22,24). The fraction of sp³-hybridized carbons (Fsp3) is 0.632. The first kappa shape index (κ1) is 16.8. The molecule has 2 amide bonds. The zero-order chi connectivity index (χ0) is 17.6. The summed E-state index contributed by atoms with van der Waals surface area (Å²) < 4.78 is 0. The molecule has 5 rings (SSSR count). The number of amides is 2. The van der Waals surface area contributed by atoms with Crippen LogP contribution >= 0.6 is 11.3 Å². The van der Waals surface area contributed by atoms with Gasteiger partial charge in [-0.1, -0.05) is 5.57 Å². The smallest absolute Gasteiger partial charge is 0.250 e. The molecule has 1 aromatic rings. The van der Waals surface area contributed by atoms with Gasteiger partial charge in [-0.15, -0.1) is 11.3 Å². The van der Waals surface area contributed by atoms with E-state index in [1.165, 1.54) is 55.4 Å². The van der Waals surface area contributed by atoms with Crippen molar-refractivity contribution in [2.24, 2.45) is 28.9 Å². The largest absolute Gasteiger partial charge is 0.369 e. The summed E-state index contributed by atoms with van der Waals surface area (Å²) in [5.74, 6) is 2.07. The predicted octanol–water partition coefficient (Wildman–Crippen LogP) is 3.27. The Bertz CT molecular complexity index is 701. The van der Waals surface area contributed by atoms with Gasteiger partial charge < -0.3 is 5.73 Å². The van der Waals surface area contributed by atoms with E-state index in [9.17, 15) is 9.59 Å². The highest BCUT2D eigenvalue weighted by Crippen LogP contribution is 2.62. The third-order valence-electron chi connectivity index (χ3n) is 6.36. The van der Waals surface area contributed by atoms with Gasteiger partial charge in [-0.2, -0.15) is 0 Å². The van der Waals surface area contributed by atoms with Crippen LogP contribution in [-0.4, -0.2) is 16.8 Å². The molecule has 0 radical (unpaired) electrons. The molecule has 0 aliphatic heterocycles. The lowest BCUT2D eigenvalue weighted by molar-refractivity contribution is -0.117. The van der Waals surface area contributed by atoms with E-state index in [0.717, 1.165) is 17.8 Å². The summed E-state index contributed by atoms with van der Waals surface area (Å²) in [5, 5.41) is 5.12. The van der Waals surface area contributed by atoms with Gasteiger partial charge in [0.2, 0.25) is 11.8 Å². The van der Waals surface area contributed by atoms with Crippen LogP contribution in [0.3, 0.4) is 0 Å². The van der Waals surface area contributed by atoms with Crippen molar-refractivity contribution in [2.45, 2.75) is 51.9 Å². The Balaban J connectivity index is 1.44. The van der Waals surface area contributed by atoms with Gasteiger partial charge in [-0.25, -0.2) is 4.98 Å². The van der Waals surface area contributed by atoms with Crippen molar-refractivity contribution in [3.8, 4) is 0 Å². The minimum atomic E-state index is -0.416. The molecule has 1 heterocycles. The maximum atomic E-state index is 12.4. The molecule has 3 N–H and O–H groups in total. The van der Waals surface area contributed by atoms with Crippen LogP contribution in [0.5, 0.6) is 0 Å². The Labute approximate surface area is 152 Å². The number of aromatic nitrogens is 1. The molecule has 0 atom stereocenters. The molecule has 4 bridgehead atoms. The van der Waals surface area contributed by atoms with Gasteiger partial charge >= 0.3 is 0 Å². The minimum absolute atomic E-state index is 0.106. The molecule has 0 aromatic carbocycles. The molecular weight excluding hydrogens is 334 g/mol. The molecule has 4 fully saturated rings. The average Bonchev–Trinajstić information content (AvgIpc) is 2.91. The second kappa shape index (κ2) is 6.24.